The molecule has 5 heteroatoms. The van der Waals surface area contributed by atoms with Gasteiger partial charge in [-0.25, -0.2) is 0 Å². The van der Waals surface area contributed by atoms with Gasteiger partial charge in [0.25, 0.3) is 0 Å². The van der Waals surface area contributed by atoms with Crippen molar-refractivity contribution in [1.82, 2.24) is 4.90 Å². The molecule has 1 fully saturated rings. The maximum absolute atomic E-state index is 11.7. The maximum Gasteiger partial charge on any atom is 0.320 e. The van der Waals surface area contributed by atoms with Crippen molar-refractivity contribution in [3.8, 4) is 5.75 Å². The van der Waals surface area contributed by atoms with Gasteiger partial charge in [0.2, 0.25) is 0 Å². The monoisotopic (exact) mass is 345 g/mol. The topological polar surface area (TPSA) is 49.8 Å². The number of carbonyl (C=O) groups is 1. The third kappa shape index (κ3) is 3.25. The Morgan fingerprint density at radius 1 is 1.29 bits per heavy atom. The molecule has 2 aromatic rings. The SMILES string of the molecule is COc1ccc(Cl)cc1C(c1ccccc1)N1CCCC1C(=O)O. The average molecular weight is 346 g/mol. The second-order valence-corrected chi connectivity index (χ2v) is 6.37. The van der Waals surface area contributed by atoms with Gasteiger partial charge in [0, 0.05) is 17.1 Å². The Kier molecular flexibility index (Phi) is 5.07. The van der Waals surface area contributed by atoms with Crippen LogP contribution in [0.15, 0.2) is 48.5 Å². The molecule has 4 nitrogen and oxygen atoms in total. The molecule has 1 aliphatic rings. The highest BCUT2D eigenvalue weighted by Crippen LogP contribution is 2.39. The fourth-order valence-electron chi connectivity index (χ4n) is 3.47. The number of carboxylic acid groups (broad SMARTS) is 1. The van der Waals surface area contributed by atoms with E-state index in [2.05, 4.69) is 0 Å². The predicted molar refractivity (Wildman–Crippen MR) is 93.7 cm³/mol. The molecule has 1 aliphatic heterocycles. The molecule has 0 bridgehead atoms. The van der Waals surface area contributed by atoms with Crippen molar-refractivity contribution in [2.75, 3.05) is 13.7 Å². The minimum atomic E-state index is -0.783. The third-order valence-corrected chi connectivity index (χ3v) is 4.75. The van der Waals surface area contributed by atoms with Crippen molar-refractivity contribution in [3.63, 3.8) is 0 Å². The minimum absolute atomic E-state index is 0.205. The normalized spacial score (nSPS) is 19.2. The van der Waals surface area contributed by atoms with Crippen molar-refractivity contribution in [2.24, 2.45) is 0 Å². The van der Waals surface area contributed by atoms with Crippen LogP contribution < -0.4 is 4.74 Å². The number of benzene rings is 2. The Hall–Kier alpha value is -2.04. The largest absolute Gasteiger partial charge is 0.496 e. The van der Waals surface area contributed by atoms with Crippen molar-refractivity contribution in [1.29, 1.82) is 0 Å². The molecule has 126 valence electrons. The molecular weight excluding hydrogens is 326 g/mol. The van der Waals surface area contributed by atoms with E-state index in [4.69, 9.17) is 16.3 Å². The predicted octanol–water partition coefficient (Wildman–Crippen LogP) is 3.99. The summed E-state index contributed by atoms with van der Waals surface area (Å²) in [5.41, 5.74) is 1.93. The first-order chi connectivity index (χ1) is 11.6. The first kappa shape index (κ1) is 16.8. The molecule has 0 saturated carbocycles. The van der Waals surface area contributed by atoms with Crippen LogP contribution in [-0.2, 0) is 4.79 Å². The lowest BCUT2D eigenvalue weighted by Crippen LogP contribution is -2.39. The lowest BCUT2D eigenvalue weighted by molar-refractivity contribution is -0.142. The minimum Gasteiger partial charge on any atom is -0.496 e. The molecule has 24 heavy (non-hydrogen) atoms. The first-order valence-corrected chi connectivity index (χ1v) is 8.36. The van der Waals surface area contributed by atoms with Gasteiger partial charge in [0.05, 0.1) is 13.2 Å². The van der Waals surface area contributed by atoms with Crippen molar-refractivity contribution in [2.45, 2.75) is 24.9 Å². The highest BCUT2D eigenvalue weighted by Gasteiger charge is 2.37. The van der Waals surface area contributed by atoms with Crippen LogP contribution in [0.3, 0.4) is 0 Å². The van der Waals surface area contributed by atoms with Gasteiger partial charge < -0.3 is 9.84 Å². The lowest BCUT2D eigenvalue weighted by Gasteiger charge is -2.33. The van der Waals surface area contributed by atoms with E-state index < -0.39 is 12.0 Å². The van der Waals surface area contributed by atoms with Gasteiger partial charge in [-0.2, -0.15) is 0 Å². The maximum atomic E-state index is 11.7. The Labute approximate surface area is 146 Å². The smallest absolute Gasteiger partial charge is 0.320 e. The quantitative estimate of drug-likeness (QED) is 0.890. The highest BCUT2D eigenvalue weighted by atomic mass is 35.5. The molecule has 0 aliphatic carbocycles. The Morgan fingerprint density at radius 2 is 2.04 bits per heavy atom. The van der Waals surface area contributed by atoms with E-state index in [1.54, 1.807) is 13.2 Å². The Morgan fingerprint density at radius 3 is 2.71 bits per heavy atom. The summed E-state index contributed by atoms with van der Waals surface area (Å²) in [6.45, 7) is 0.728. The summed E-state index contributed by atoms with van der Waals surface area (Å²) in [7, 11) is 1.62. The number of halogens is 1. The first-order valence-electron chi connectivity index (χ1n) is 7.98. The van der Waals surface area contributed by atoms with Crippen molar-refractivity contribution >= 4 is 17.6 Å². The summed E-state index contributed by atoms with van der Waals surface area (Å²) in [6, 6.07) is 14.7. The van der Waals surface area contributed by atoms with Crippen LogP contribution >= 0.6 is 11.6 Å². The summed E-state index contributed by atoms with van der Waals surface area (Å²) < 4.78 is 5.53. The molecule has 2 unspecified atom stereocenters. The van der Waals surface area contributed by atoms with Gasteiger partial charge in [-0.15, -0.1) is 0 Å². The molecule has 1 N–H and O–H groups in total. The number of nitrogens with zero attached hydrogens (tertiary/aromatic N) is 1. The van der Waals surface area contributed by atoms with Crippen molar-refractivity contribution < 1.29 is 14.6 Å². The van der Waals surface area contributed by atoms with E-state index in [0.717, 1.165) is 24.1 Å². The van der Waals surface area contributed by atoms with Crippen LogP contribution in [0.5, 0.6) is 5.75 Å². The summed E-state index contributed by atoms with van der Waals surface area (Å²) in [6.07, 6.45) is 1.52. The summed E-state index contributed by atoms with van der Waals surface area (Å²) in [5.74, 6) is -0.0706. The summed E-state index contributed by atoms with van der Waals surface area (Å²) in [5, 5.41) is 10.2. The van der Waals surface area contributed by atoms with Crippen LogP contribution in [-0.4, -0.2) is 35.7 Å². The van der Waals surface area contributed by atoms with Crippen LogP contribution in [0.4, 0.5) is 0 Å². The number of aliphatic carboxylic acids is 1. The number of ether oxygens (including phenoxy) is 1. The van der Waals surface area contributed by atoms with E-state index in [-0.39, 0.29) is 6.04 Å². The molecule has 2 atom stereocenters. The summed E-state index contributed by atoms with van der Waals surface area (Å²) >= 11 is 6.22. The van der Waals surface area contributed by atoms with Gasteiger partial charge in [-0.05, 0) is 36.6 Å². The van der Waals surface area contributed by atoms with E-state index in [0.29, 0.717) is 17.2 Å². The standard InChI is InChI=1S/C19H20ClNO3/c1-24-17-10-9-14(20)12-15(17)18(13-6-3-2-4-7-13)21-11-5-8-16(21)19(22)23/h2-4,6-7,9-10,12,16,18H,5,8,11H2,1H3,(H,22,23). The van der Waals surface area contributed by atoms with Crippen molar-refractivity contribution in [3.05, 3.63) is 64.7 Å². The number of hydrogen-bond donors (Lipinski definition) is 1. The Bertz CT molecular complexity index is 720. The fourth-order valence-corrected chi connectivity index (χ4v) is 3.65. The van der Waals surface area contributed by atoms with E-state index in [1.165, 1.54) is 0 Å². The molecular formula is C19H20ClNO3. The molecule has 0 spiro atoms. The van der Waals surface area contributed by atoms with E-state index >= 15 is 0 Å². The van der Waals surface area contributed by atoms with Gasteiger partial charge in [0.1, 0.15) is 11.8 Å². The highest BCUT2D eigenvalue weighted by molar-refractivity contribution is 6.30. The molecule has 0 aromatic heterocycles. The Balaban J connectivity index is 2.13. The average Bonchev–Trinajstić information content (AvgIpc) is 3.06. The zero-order valence-electron chi connectivity index (χ0n) is 13.5. The number of carboxylic acids is 1. The lowest BCUT2D eigenvalue weighted by atomic mass is 9.95. The second kappa shape index (κ2) is 7.24. The van der Waals surface area contributed by atoms with Gasteiger partial charge in [-0.1, -0.05) is 41.9 Å². The van der Waals surface area contributed by atoms with E-state index in [1.807, 2.05) is 47.4 Å². The summed E-state index contributed by atoms with van der Waals surface area (Å²) in [4.78, 5) is 13.7. The molecule has 0 radical (unpaired) electrons. The molecule has 0 amide bonds. The molecule has 1 heterocycles. The number of methoxy groups -OCH3 is 1. The number of hydrogen-bond acceptors (Lipinski definition) is 3. The number of likely N-dealkylation sites (tertiary alicyclic amines) is 1. The van der Waals surface area contributed by atoms with Crippen LogP contribution in [0, 0.1) is 0 Å². The van der Waals surface area contributed by atoms with E-state index in [9.17, 15) is 9.90 Å². The zero-order chi connectivity index (χ0) is 17.1. The fraction of sp³-hybridized carbons (Fsp3) is 0.316. The number of rotatable bonds is 5. The molecule has 3 rings (SSSR count). The molecule has 1 saturated heterocycles. The van der Waals surface area contributed by atoms with Gasteiger partial charge in [-0.3, -0.25) is 9.69 Å². The van der Waals surface area contributed by atoms with Gasteiger partial charge >= 0.3 is 5.97 Å². The molecule has 2 aromatic carbocycles. The van der Waals surface area contributed by atoms with Crippen LogP contribution in [0.25, 0.3) is 0 Å². The second-order valence-electron chi connectivity index (χ2n) is 5.93. The third-order valence-electron chi connectivity index (χ3n) is 4.51. The zero-order valence-corrected chi connectivity index (χ0v) is 14.2. The van der Waals surface area contributed by atoms with Crippen LogP contribution in [0.1, 0.15) is 30.0 Å². The van der Waals surface area contributed by atoms with Crippen LogP contribution in [0.2, 0.25) is 5.02 Å². The van der Waals surface area contributed by atoms with Gasteiger partial charge in [0.15, 0.2) is 0 Å².